The summed E-state index contributed by atoms with van der Waals surface area (Å²) in [6, 6.07) is 11.3. The molecule has 0 fully saturated rings. The van der Waals surface area contributed by atoms with Crippen LogP contribution in [-0.4, -0.2) is 15.6 Å². The average molecular weight is 395 g/mol. The van der Waals surface area contributed by atoms with Crippen molar-refractivity contribution in [2.75, 3.05) is 5.32 Å². The highest BCUT2D eigenvalue weighted by Gasteiger charge is 2.15. The Labute approximate surface area is 168 Å². The van der Waals surface area contributed by atoms with Crippen LogP contribution < -0.4 is 5.32 Å². The van der Waals surface area contributed by atoms with Crippen LogP contribution >= 0.6 is 11.6 Å². The van der Waals surface area contributed by atoms with Crippen LogP contribution in [0, 0.1) is 39.0 Å². The van der Waals surface area contributed by atoms with Gasteiger partial charge in [0.05, 0.1) is 0 Å². The Hall–Kier alpha value is -3.30. The van der Waals surface area contributed by atoms with Gasteiger partial charge in [0.15, 0.2) is 5.82 Å². The molecule has 0 bridgehead atoms. The molecule has 0 saturated heterocycles. The molecule has 3 aromatic rings. The molecular weight excluding hydrogens is 376 g/mol. The van der Waals surface area contributed by atoms with Crippen LogP contribution in [0.5, 0.6) is 0 Å². The van der Waals surface area contributed by atoms with Crippen LogP contribution in [-0.2, 0) is 4.79 Å². The molecule has 0 aliphatic carbocycles. The summed E-state index contributed by atoms with van der Waals surface area (Å²) in [4.78, 5) is 12.4. The quantitative estimate of drug-likeness (QED) is 0.504. The topological polar surface area (TPSA) is 83.9 Å². The summed E-state index contributed by atoms with van der Waals surface area (Å²) in [6.45, 7) is 7.56. The summed E-state index contributed by atoms with van der Waals surface area (Å²) in [5.41, 5.74) is 4.54. The number of hydrogen-bond donors (Lipinski definition) is 1. The third-order valence-corrected chi connectivity index (χ3v) is 4.83. The summed E-state index contributed by atoms with van der Waals surface area (Å²) in [5, 5.41) is 16.4. The number of rotatable bonds is 4. The van der Waals surface area contributed by atoms with Gasteiger partial charge in [0.1, 0.15) is 17.4 Å². The molecule has 0 radical (unpaired) electrons. The van der Waals surface area contributed by atoms with Gasteiger partial charge in [0, 0.05) is 28.2 Å². The lowest BCUT2D eigenvalue weighted by atomic mass is 10.1. The molecule has 0 aliphatic rings. The van der Waals surface area contributed by atoms with Crippen molar-refractivity contribution in [1.82, 2.24) is 9.72 Å². The summed E-state index contributed by atoms with van der Waals surface area (Å²) in [5.74, 6) is 0.292. The lowest BCUT2D eigenvalue weighted by Crippen LogP contribution is -2.13. The monoisotopic (exact) mass is 394 g/mol. The maximum Gasteiger partial charge on any atom is 0.267 e. The first-order chi connectivity index (χ1) is 13.3. The largest absolute Gasteiger partial charge is 0.360 e. The van der Waals surface area contributed by atoms with E-state index in [0.29, 0.717) is 10.8 Å². The van der Waals surface area contributed by atoms with E-state index in [1.165, 1.54) is 0 Å². The van der Waals surface area contributed by atoms with E-state index in [9.17, 15) is 10.1 Å². The van der Waals surface area contributed by atoms with Gasteiger partial charge in [-0.3, -0.25) is 4.79 Å². The molecule has 0 atom stereocenters. The van der Waals surface area contributed by atoms with Gasteiger partial charge >= 0.3 is 0 Å². The SMILES string of the molecule is Cc1cc(NC(=O)/C(C#N)=C\c2cc(C)n(-c3ccc(C)c(Cl)c3)c2C)no1. The van der Waals surface area contributed by atoms with Crippen LogP contribution in [0.15, 0.2) is 40.4 Å². The maximum absolute atomic E-state index is 12.4. The maximum atomic E-state index is 12.4. The molecule has 142 valence electrons. The van der Waals surface area contributed by atoms with Gasteiger partial charge < -0.3 is 14.4 Å². The van der Waals surface area contributed by atoms with Crippen LogP contribution in [0.2, 0.25) is 5.02 Å². The van der Waals surface area contributed by atoms with Gasteiger partial charge in [0.2, 0.25) is 0 Å². The minimum atomic E-state index is -0.543. The van der Waals surface area contributed by atoms with E-state index in [0.717, 1.165) is 28.2 Å². The summed E-state index contributed by atoms with van der Waals surface area (Å²) in [7, 11) is 0. The van der Waals surface area contributed by atoms with Crippen LogP contribution in [0.3, 0.4) is 0 Å². The molecule has 6 nitrogen and oxygen atoms in total. The van der Waals surface area contributed by atoms with E-state index in [2.05, 4.69) is 10.5 Å². The predicted octanol–water partition coefficient (Wildman–Crippen LogP) is 4.90. The molecule has 0 saturated carbocycles. The number of amides is 1. The molecule has 7 heteroatoms. The molecule has 3 rings (SSSR count). The Morgan fingerprint density at radius 2 is 2.00 bits per heavy atom. The number of anilines is 1. The van der Waals surface area contributed by atoms with Gasteiger partial charge in [-0.2, -0.15) is 5.26 Å². The highest BCUT2D eigenvalue weighted by molar-refractivity contribution is 6.31. The number of aromatic nitrogens is 2. The number of aryl methyl sites for hydroxylation is 3. The van der Waals surface area contributed by atoms with E-state index in [4.69, 9.17) is 16.1 Å². The van der Waals surface area contributed by atoms with Gasteiger partial charge in [-0.05, 0) is 63.1 Å². The number of nitriles is 1. The normalized spacial score (nSPS) is 11.4. The second-order valence-corrected chi connectivity index (χ2v) is 6.95. The second kappa shape index (κ2) is 7.75. The van der Waals surface area contributed by atoms with Crippen LogP contribution in [0.1, 0.15) is 28.3 Å². The second-order valence-electron chi connectivity index (χ2n) is 6.54. The van der Waals surface area contributed by atoms with E-state index >= 15 is 0 Å². The summed E-state index contributed by atoms with van der Waals surface area (Å²) in [6.07, 6.45) is 1.57. The Morgan fingerprint density at radius 3 is 2.61 bits per heavy atom. The Bertz CT molecular complexity index is 1130. The molecule has 0 spiro atoms. The Morgan fingerprint density at radius 1 is 1.25 bits per heavy atom. The molecule has 28 heavy (non-hydrogen) atoms. The number of nitrogens with zero attached hydrogens (tertiary/aromatic N) is 3. The molecular formula is C21H19ClN4O2. The van der Waals surface area contributed by atoms with Gasteiger partial charge in [-0.1, -0.05) is 22.8 Å². The lowest BCUT2D eigenvalue weighted by molar-refractivity contribution is -0.112. The van der Waals surface area contributed by atoms with Crippen molar-refractivity contribution in [3.05, 3.63) is 69.2 Å². The van der Waals surface area contributed by atoms with Crippen molar-refractivity contribution in [3.8, 4) is 11.8 Å². The molecule has 1 amide bonds. The number of carbonyl (C=O) groups is 1. The smallest absolute Gasteiger partial charge is 0.267 e. The van der Waals surface area contributed by atoms with Gasteiger partial charge in [0.25, 0.3) is 5.91 Å². The summed E-state index contributed by atoms with van der Waals surface area (Å²) < 4.78 is 6.95. The zero-order valence-corrected chi connectivity index (χ0v) is 16.8. The highest BCUT2D eigenvalue weighted by atomic mass is 35.5. The first kappa shape index (κ1) is 19.5. The summed E-state index contributed by atoms with van der Waals surface area (Å²) >= 11 is 6.27. The van der Waals surface area contributed by atoms with Crippen molar-refractivity contribution >= 4 is 29.4 Å². The van der Waals surface area contributed by atoms with Crippen molar-refractivity contribution in [3.63, 3.8) is 0 Å². The first-order valence-electron chi connectivity index (χ1n) is 8.62. The third kappa shape index (κ3) is 3.85. The number of hydrogen-bond acceptors (Lipinski definition) is 4. The standard InChI is InChI=1S/C21H19ClN4O2/c1-12-5-6-18(10-19(12)22)26-13(2)7-16(15(26)4)9-17(11-23)21(27)24-20-8-14(3)28-25-20/h5-10H,1-4H3,(H,24,25,27)/b17-9-. The fraction of sp³-hybridized carbons (Fsp3) is 0.190. The van der Waals surface area contributed by atoms with Gasteiger partial charge in [-0.15, -0.1) is 0 Å². The number of carbonyl (C=O) groups excluding carboxylic acids is 1. The Kier molecular flexibility index (Phi) is 5.39. The fourth-order valence-electron chi connectivity index (χ4n) is 2.96. The fourth-order valence-corrected chi connectivity index (χ4v) is 3.14. The van der Waals surface area contributed by atoms with Crippen LogP contribution in [0.4, 0.5) is 5.82 Å². The van der Waals surface area contributed by atoms with Crippen molar-refractivity contribution in [2.24, 2.45) is 0 Å². The van der Waals surface area contributed by atoms with E-state index in [1.807, 2.05) is 55.7 Å². The van der Waals surface area contributed by atoms with E-state index in [-0.39, 0.29) is 11.4 Å². The number of nitrogens with one attached hydrogen (secondary N) is 1. The van der Waals surface area contributed by atoms with E-state index in [1.54, 1.807) is 19.1 Å². The third-order valence-electron chi connectivity index (χ3n) is 4.42. The zero-order valence-electron chi connectivity index (χ0n) is 16.0. The van der Waals surface area contributed by atoms with Crippen molar-refractivity contribution in [1.29, 1.82) is 5.26 Å². The van der Waals surface area contributed by atoms with E-state index < -0.39 is 5.91 Å². The number of halogens is 1. The average Bonchev–Trinajstić information content (AvgIpc) is 3.17. The molecule has 0 unspecified atom stereocenters. The molecule has 1 aromatic carbocycles. The van der Waals surface area contributed by atoms with Crippen molar-refractivity contribution < 1.29 is 9.32 Å². The molecule has 2 heterocycles. The lowest BCUT2D eigenvalue weighted by Gasteiger charge is -2.11. The first-order valence-corrected chi connectivity index (χ1v) is 9.00. The predicted molar refractivity (Wildman–Crippen MR) is 108 cm³/mol. The molecule has 1 N–H and O–H groups in total. The minimum Gasteiger partial charge on any atom is -0.360 e. The van der Waals surface area contributed by atoms with Crippen LogP contribution in [0.25, 0.3) is 11.8 Å². The minimum absolute atomic E-state index is 0.0251. The number of benzene rings is 1. The van der Waals surface area contributed by atoms with Crippen molar-refractivity contribution in [2.45, 2.75) is 27.7 Å². The van der Waals surface area contributed by atoms with Gasteiger partial charge in [-0.25, -0.2) is 0 Å². The zero-order chi connectivity index (χ0) is 20.4. The Balaban J connectivity index is 1.95. The molecule has 0 aliphatic heterocycles. The molecule has 2 aromatic heterocycles. The highest BCUT2D eigenvalue weighted by Crippen LogP contribution is 2.26.